The Bertz CT molecular complexity index is 887. The molecule has 1 aromatic carbocycles. The summed E-state index contributed by atoms with van der Waals surface area (Å²) >= 11 is 1.42. The van der Waals surface area contributed by atoms with Crippen LogP contribution in [0.4, 0.5) is 0 Å². The van der Waals surface area contributed by atoms with Crippen LogP contribution < -0.4 is 15.8 Å². The van der Waals surface area contributed by atoms with Crippen molar-refractivity contribution in [3.8, 4) is 5.75 Å². The van der Waals surface area contributed by atoms with Gasteiger partial charge < -0.3 is 15.8 Å². The number of nitrogens with zero attached hydrogens (tertiary/aromatic N) is 1. The summed E-state index contributed by atoms with van der Waals surface area (Å²) in [6, 6.07) is 6.54. The van der Waals surface area contributed by atoms with E-state index in [1.54, 1.807) is 5.38 Å². The molecule has 2 aromatic rings. The second-order valence-corrected chi connectivity index (χ2v) is 10.7. The average molecular weight is 460 g/mol. The lowest BCUT2D eigenvalue weighted by molar-refractivity contribution is 0.0948. The molecular weight excluding hydrogens is 418 g/mol. The summed E-state index contributed by atoms with van der Waals surface area (Å²) in [4.78, 5) is 16.5. The van der Waals surface area contributed by atoms with Gasteiger partial charge in [-0.2, -0.15) is 0 Å². The standard InChI is InChI=1S/C26H41N3O2S/c1-8-25(4,5)19-12-13-22(20(16-19)26(6,7)9-2)31-15-11-10-14-28-23(30)21-17-32-24(29-21)18(3)27/h12-13,16-18H,8-11,14-15,27H2,1-7H3,(H,28,30). The predicted octanol–water partition coefficient (Wildman–Crippen LogP) is 6.13. The first-order chi connectivity index (χ1) is 15.0. The van der Waals surface area contributed by atoms with E-state index < -0.39 is 0 Å². The topological polar surface area (TPSA) is 77.2 Å². The first-order valence-electron chi connectivity index (χ1n) is 11.8. The molecule has 0 radical (unpaired) electrons. The summed E-state index contributed by atoms with van der Waals surface area (Å²) in [6.07, 6.45) is 3.87. The quantitative estimate of drug-likeness (QED) is 0.374. The number of ether oxygens (including phenoxy) is 1. The van der Waals surface area contributed by atoms with Gasteiger partial charge in [-0.3, -0.25) is 4.79 Å². The van der Waals surface area contributed by atoms with Crippen molar-refractivity contribution in [2.75, 3.05) is 13.2 Å². The largest absolute Gasteiger partial charge is 0.493 e. The number of hydrogen-bond acceptors (Lipinski definition) is 5. The summed E-state index contributed by atoms with van der Waals surface area (Å²) in [7, 11) is 0. The Morgan fingerprint density at radius 3 is 2.44 bits per heavy atom. The zero-order valence-electron chi connectivity index (χ0n) is 20.9. The Morgan fingerprint density at radius 2 is 1.84 bits per heavy atom. The molecule has 2 rings (SSSR count). The van der Waals surface area contributed by atoms with Gasteiger partial charge in [0, 0.05) is 17.5 Å². The number of carbonyl (C=O) groups excluding carboxylic acids is 1. The van der Waals surface area contributed by atoms with Crippen LogP contribution in [0.15, 0.2) is 23.6 Å². The van der Waals surface area contributed by atoms with Crippen molar-refractivity contribution < 1.29 is 9.53 Å². The van der Waals surface area contributed by atoms with E-state index in [-0.39, 0.29) is 22.8 Å². The highest BCUT2D eigenvalue weighted by Gasteiger charge is 2.26. The Kier molecular flexibility index (Phi) is 9.28. The van der Waals surface area contributed by atoms with Crippen LogP contribution >= 0.6 is 11.3 Å². The molecule has 1 amide bonds. The van der Waals surface area contributed by atoms with Crippen molar-refractivity contribution in [1.82, 2.24) is 10.3 Å². The van der Waals surface area contributed by atoms with E-state index in [2.05, 4.69) is 70.0 Å². The number of rotatable bonds is 12. The molecule has 0 bridgehead atoms. The van der Waals surface area contributed by atoms with Gasteiger partial charge in [0.15, 0.2) is 0 Å². The van der Waals surface area contributed by atoms with Gasteiger partial charge in [-0.15, -0.1) is 11.3 Å². The van der Waals surface area contributed by atoms with Gasteiger partial charge in [0.05, 0.1) is 12.6 Å². The third kappa shape index (κ3) is 6.79. The van der Waals surface area contributed by atoms with Crippen molar-refractivity contribution in [2.45, 2.75) is 91.0 Å². The molecule has 178 valence electrons. The molecular formula is C26H41N3O2S. The van der Waals surface area contributed by atoms with Crippen molar-refractivity contribution in [2.24, 2.45) is 5.73 Å². The molecule has 0 saturated heterocycles. The zero-order chi connectivity index (χ0) is 23.9. The zero-order valence-corrected chi connectivity index (χ0v) is 21.7. The molecule has 0 saturated carbocycles. The fraction of sp³-hybridized carbons (Fsp3) is 0.615. The van der Waals surface area contributed by atoms with Crippen LogP contribution in [0.2, 0.25) is 0 Å². The Hall–Kier alpha value is -1.92. The van der Waals surface area contributed by atoms with Crippen LogP contribution in [0.25, 0.3) is 0 Å². The number of aromatic nitrogens is 1. The summed E-state index contributed by atoms with van der Waals surface area (Å²) in [5.41, 5.74) is 9.10. The van der Waals surface area contributed by atoms with Crippen LogP contribution in [-0.2, 0) is 10.8 Å². The van der Waals surface area contributed by atoms with E-state index in [9.17, 15) is 4.79 Å². The fourth-order valence-electron chi connectivity index (χ4n) is 3.30. The monoisotopic (exact) mass is 459 g/mol. The molecule has 32 heavy (non-hydrogen) atoms. The van der Waals surface area contributed by atoms with Gasteiger partial charge in [-0.25, -0.2) is 4.98 Å². The van der Waals surface area contributed by atoms with Gasteiger partial charge in [-0.05, 0) is 55.1 Å². The number of nitrogens with two attached hydrogens (primary N) is 1. The van der Waals surface area contributed by atoms with E-state index in [0.29, 0.717) is 18.8 Å². The van der Waals surface area contributed by atoms with Crippen molar-refractivity contribution in [3.63, 3.8) is 0 Å². The molecule has 0 aliphatic carbocycles. The third-order valence-electron chi connectivity index (χ3n) is 6.52. The second kappa shape index (κ2) is 11.3. The highest BCUT2D eigenvalue weighted by molar-refractivity contribution is 7.09. The molecule has 1 aromatic heterocycles. The van der Waals surface area contributed by atoms with Gasteiger partial charge in [-0.1, -0.05) is 53.7 Å². The van der Waals surface area contributed by atoms with Gasteiger partial charge >= 0.3 is 0 Å². The minimum absolute atomic E-state index is 0.0521. The van der Waals surface area contributed by atoms with Crippen LogP contribution in [0, 0.1) is 0 Å². The molecule has 5 nitrogen and oxygen atoms in total. The molecule has 0 aliphatic heterocycles. The summed E-state index contributed by atoms with van der Waals surface area (Å²) < 4.78 is 6.21. The Labute approximate surface area is 198 Å². The summed E-state index contributed by atoms with van der Waals surface area (Å²) in [5, 5.41) is 5.48. The fourth-order valence-corrected chi connectivity index (χ4v) is 4.06. The highest BCUT2D eigenvalue weighted by atomic mass is 32.1. The lowest BCUT2D eigenvalue weighted by Crippen LogP contribution is -2.25. The Balaban J connectivity index is 1.89. The van der Waals surface area contributed by atoms with Gasteiger partial charge in [0.2, 0.25) is 0 Å². The van der Waals surface area contributed by atoms with Gasteiger partial charge in [0.25, 0.3) is 5.91 Å². The van der Waals surface area contributed by atoms with E-state index in [4.69, 9.17) is 10.5 Å². The smallest absolute Gasteiger partial charge is 0.270 e. The van der Waals surface area contributed by atoms with E-state index >= 15 is 0 Å². The Morgan fingerprint density at radius 1 is 1.16 bits per heavy atom. The maximum Gasteiger partial charge on any atom is 0.270 e. The van der Waals surface area contributed by atoms with Crippen LogP contribution in [0.1, 0.15) is 107 Å². The number of benzene rings is 1. The van der Waals surface area contributed by atoms with E-state index in [1.807, 2.05) is 6.92 Å². The molecule has 1 atom stereocenters. The number of carbonyl (C=O) groups is 1. The predicted molar refractivity (Wildman–Crippen MR) is 135 cm³/mol. The van der Waals surface area contributed by atoms with Crippen molar-refractivity contribution in [3.05, 3.63) is 45.4 Å². The highest BCUT2D eigenvalue weighted by Crippen LogP contribution is 2.38. The van der Waals surface area contributed by atoms with Crippen LogP contribution in [-0.4, -0.2) is 24.0 Å². The minimum atomic E-state index is -0.150. The average Bonchev–Trinajstić information content (AvgIpc) is 3.26. The normalized spacial score (nSPS) is 13.1. The first kappa shape index (κ1) is 26.3. The lowest BCUT2D eigenvalue weighted by atomic mass is 9.76. The molecule has 0 fully saturated rings. The number of thiazole rings is 1. The first-order valence-corrected chi connectivity index (χ1v) is 12.7. The molecule has 6 heteroatoms. The molecule has 1 unspecified atom stereocenters. The minimum Gasteiger partial charge on any atom is -0.493 e. The maximum atomic E-state index is 12.2. The number of hydrogen-bond donors (Lipinski definition) is 2. The lowest BCUT2D eigenvalue weighted by Gasteiger charge is -2.30. The van der Waals surface area contributed by atoms with Crippen molar-refractivity contribution >= 4 is 17.2 Å². The summed E-state index contributed by atoms with van der Waals surface area (Å²) in [5.74, 6) is 0.831. The molecule has 3 N–H and O–H groups in total. The van der Waals surface area contributed by atoms with Gasteiger partial charge in [0.1, 0.15) is 16.5 Å². The number of nitrogens with one attached hydrogen (secondary N) is 1. The number of unbranched alkanes of at least 4 members (excludes halogenated alkanes) is 1. The SMILES string of the molecule is CCC(C)(C)c1ccc(OCCCCNC(=O)c2csc(C(C)N)n2)c(C(C)(C)CC)c1. The third-order valence-corrected chi connectivity index (χ3v) is 7.56. The van der Waals surface area contributed by atoms with E-state index in [0.717, 1.165) is 36.4 Å². The molecule has 0 spiro atoms. The summed E-state index contributed by atoms with van der Waals surface area (Å²) in [6.45, 7) is 16.7. The van der Waals surface area contributed by atoms with E-state index in [1.165, 1.54) is 22.5 Å². The molecule has 1 heterocycles. The second-order valence-electron chi connectivity index (χ2n) is 9.86. The molecule has 0 aliphatic rings. The van der Waals surface area contributed by atoms with Crippen molar-refractivity contribution in [1.29, 1.82) is 0 Å². The maximum absolute atomic E-state index is 12.2. The van der Waals surface area contributed by atoms with Crippen LogP contribution in [0.5, 0.6) is 5.75 Å². The van der Waals surface area contributed by atoms with Crippen LogP contribution in [0.3, 0.4) is 0 Å². The number of amides is 1.